The molecule has 1 fully saturated rings. The van der Waals surface area contributed by atoms with E-state index in [9.17, 15) is 17.6 Å². The highest BCUT2D eigenvalue weighted by atomic mass is 79.9. The molecule has 1 heterocycles. The number of amides is 1. The summed E-state index contributed by atoms with van der Waals surface area (Å²) in [6, 6.07) is 3.01. The minimum absolute atomic E-state index is 0.149. The van der Waals surface area contributed by atoms with Crippen molar-refractivity contribution >= 4 is 43.3 Å². The van der Waals surface area contributed by atoms with Gasteiger partial charge in [0.15, 0.2) is 9.84 Å². The van der Waals surface area contributed by atoms with Gasteiger partial charge in [0.05, 0.1) is 28.5 Å². The van der Waals surface area contributed by atoms with Crippen molar-refractivity contribution in [3.63, 3.8) is 0 Å². The smallest absolute Gasteiger partial charge is 0.252 e. The van der Waals surface area contributed by atoms with Crippen LogP contribution in [0.25, 0.3) is 0 Å². The van der Waals surface area contributed by atoms with Gasteiger partial charge in [0, 0.05) is 4.47 Å². The van der Waals surface area contributed by atoms with Crippen LogP contribution in [0.3, 0.4) is 0 Å². The molecule has 19 heavy (non-hydrogen) atoms. The Balaban J connectivity index is 2.14. The molecule has 2 unspecified atom stereocenters. The lowest BCUT2D eigenvalue weighted by Gasteiger charge is -2.15. The highest BCUT2D eigenvalue weighted by Gasteiger charge is 2.37. The zero-order chi connectivity index (χ0) is 14.2. The van der Waals surface area contributed by atoms with Crippen molar-refractivity contribution in [2.24, 2.45) is 0 Å². The summed E-state index contributed by atoms with van der Waals surface area (Å²) in [5, 5.41) is 1.91. The highest BCUT2D eigenvalue weighted by Crippen LogP contribution is 2.21. The molecular formula is C11H10BrClFNO3S. The summed E-state index contributed by atoms with van der Waals surface area (Å²) in [4.78, 5) is 12.0. The Bertz CT molecular complexity index is 622. The third kappa shape index (κ3) is 3.46. The van der Waals surface area contributed by atoms with Crippen LogP contribution in [-0.2, 0) is 9.84 Å². The number of alkyl halides is 1. The Morgan fingerprint density at radius 2 is 2.11 bits per heavy atom. The number of benzene rings is 1. The fraction of sp³-hybridized carbons (Fsp3) is 0.364. The maximum Gasteiger partial charge on any atom is 0.252 e. The van der Waals surface area contributed by atoms with Crippen LogP contribution < -0.4 is 5.32 Å². The number of carbonyl (C=O) groups is 1. The molecule has 1 saturated heterocycles. The van der Waals surface area contributed by atoms with E-state index in [2.05, 4.69) is 21.2 Å². The molecule has 0 bridgehead atoms. The molecule has 2 rings (SSSR count). The molecule has 1 aliphatic heterocycles. The average Bonchev–Trinajstić information content (AvgIpc) is 2.51. The summed E-state index contributed by atoms with van der Waals surface area (Å²) in [7, 11) is -3.21. The molecule has 1 N–H and O–H groups in total. The molecule has 2 atom stereocenters. The summed E-state index contributed by atoms with van der Waals surface area (Å²) >= 11 is 8.98. The Morgan fingerprint density at radius 1 is 1.42 bits per heavy atom. The van der Waals surface area contributed by atoms with Gasteiger partial charge in [-0.05, 0) is 34.1 Å². The maximum absolute atomic E-state index is 12.9. The number of sulfone groups is 1. The molecular weight excluding hydrogens is 361 g/mol. The van der Waals surface area contributed by atoms with E-state index in [1.807, 2.05) is 0 Å². The van der Waals surface area contributed by atoms with Gasteiger partial charge < -0.3 is 5.32 Å². The Hall–Kier alpha value is -0.660. The molecule has 0 aromatic heterocycles. The van der Waals surface area contributed by atoms with Crippen molar-refractivity contribution in [1.29, 1.82) is 0 Å². The largest absolute Gasteiger partial charge is 0.347 e. The van der Waals surface area contributed by atoms with E-state index in [0.29, 0.717) is 4.47 Å². The van der Waals surface area contributed by atoms with Gasteiger partial charge in [-0.2, -0.15) is 0 Å². The Labute approximate surface area is 123 Å². The standard InChI is InChI=1S/C11H10BrClFNO3S/c12-8-3-6(14)1-2-7(8)11(16)15-10-5-19(17,18)4-9(10)13/h1-3,9-10H,4-5H2,(H,15,16). The van der Waals surface area contributed by atoms with Crippen molar-refractivity contribution < 1.29 is 17.6 Å². The average molecular weight is 371 g/mol. The third-order valence-electron chi connectivity index (χ3n) is 2.78. The Kier molecular flexibility index (Phi) is 4.17. The van der Waals surface area contributed by atoms with Crippen LogP contribution in [0.15, 0.2) is 22.7 Å². The van der Waals surface area contributed by atoms with Crippen LogP contribution in [-0.4, -0.2) is 37.2 Å². The SMILES string of the molecule is O=C(NC1CS(=O)(=O)CC1Cl)c1ccc(F)cc1Br. The number of halogens is 3. The second-order valence-electron chi connectivity index (χ2n) is 4.30. The fourth-order valence-electron chi connectivity index (χ4n) is 1.86. The minimum atomic E-state index is -3.21. The topological polar surface area (TPSA) is 63.2 Å². The van der Waals surface area contributed by atoms with Crippen molar-refractivity contribution in [2.45, 2.75) is 11.4 Å². The summed E-state index contributed by atoms with van der Waals surface area (Å²) in [6.45, 7) is 0. The normalized spacial score (nSPS) is 25.2. The molecule has 0 radical (unpaired) electrons. The first kappa shape index (κ1) is 14.7. The van der Waals surface area contributed by atoms with Crippen LogP contribution in [0.1, 0.15) is 10.4 Å². The van der Waals surface area contributed by atoms with Gasteiger partial charge in [0.25, 0.3) is 5.91 Å². The minimum Gasteiger partial charge on any atom is -0.347 e. The lowest BCUT2D eigenvalue weighted by atomic mass is 10.2. The molecule has 1 aromatic rings. The quantitative estimate of drug-likeness (QED) is 0.806. The lowest BCUT2D eigenvalue weighted by molar-refractivity contribution is 0.0940. The summed E-state index contributed by atoms with van der Waals surface area (Å²) in [5.41, 5.74) is 0.231. The van der Waals surface area contributed by atoms with Crippen molar-refractivity contribution in [2.75, 3.05) is 11.5 Å². The molecule has 1 amide bonds. The lowest BCUT2D eigenvalue weighted by Crippen LogP contribution is -2.40. The van der Waals surface area contributed by atoms with E-state index in [0.717, 1.165) is 6.07 Å². The van der Waals surface area contributed by atoms with Crippen molar-refractivity contribution in [1.82, 2.24) is 5.32 Å². The van der Waals surface area contributed by atoms with E-state index in [1.165, 1.54) is 12.1 Å². The number of nitrogens with one attached hydrogen (secondary N) is 1. The van der Waals surface area contributed by atoms with E-state index in [4.69, 9.17) is 11.6 Å². The van der Waals surface area contributed by atoms with Crippen LogP contribution in [0.4, 0.5) is 4.39 Å². The monoisotopic (exact) mass is 369 g/mol. The van der Waals surface area contributed by atoms with Crippen molar-refractivity contribution in [3.05, 3.63) is 34.1 Å². The van der Waals surface area contributed by atoms with Gasteiger partial charge >= 0.3 is 0 Å². The third-order valence-corrected chi connectivity index (χ3v) is 5.81. The molecule has 0 spiro atoms. The maximum atomic E-state index is 12.9. The summed E-state index contributed by atoms with van der Waals surface area (Å²) in [5.74, 6) is -1.28. The van der Waals surface area contributed by atoms with E-state index in [-0.39, 0.29) is 17.1 Å². The zero-order valence-corrected chi connectivity index (χ0v) is 12.7. The molecule has 0 saturated carbocycles. The van der Waals surface area contributed by atoms with E-state index < -0.39 is 33.0 Å². The molecule has 0 aliphatic carbocycles. The second kappa shape index (κ2) is 5.38. The second-order valence-corrected chi connectivity index (χ2v) is 7.87. The van der Waals surface area contributed by atoms with Gasteiger partial charge in [-0.1, -0.05) is 0 Å². The molecule has 104 valence electrons. The van der Waals surface area contributed by atoms with E-state index in [1.54, 1.807) is 0 Å². The van der Waals surface area contributed by atoms with Crippen LogP contribution in [0.2, 0.25) is 0 Å². The molecule has 4 nitrogen and oxygen atoms in total. The number of carbonyl (C=O) groups excluding carboxylic acids is 1. The van der Waals surface area contributed by atoms with Crippen molar-refractivity contribution in [3.8, 4) is 0 Å². The van der Waals surface area contributed by atoms with Gasteiger partial charge in [0.1, 0.15) is 5.82 Å². The van der Waals surface area contributed by atoms with Gasteiger partial charge in [-0.3, -0.25) is 4.79 Å². The first-order valence-corrected chi connectivity index (χ1v) is 8.44. The predicted molar refractivity (Wildman–Crippen MR) is 73.6 cm³/mol. The summed E-state index contributed by atoms with van der Waals surface area (Å²) in [6.07, 6.45) is 0. The number of rotatable bonds is 2. The highest BCUT2D eigenvalue weighted by molar-refractivity contribution is 9.10. The molecule has 8 heteroatoms. The number of hydrogen-bond donors (Lipinski definition) is 1. The zero-order valence-electron chi connectivity index (χ0n) is 9.57. The van der Waals surface area contributed by atoms with Crippen LogP contribution >= 0.6 is 27.5 Å². The van der Waals surface area contributed by atoms with Crippen LogP contribution in [0, 0.1) is 5.82 Å². The first-order valence-electron chi connectivity index (χ1n) is 5.39. The fourth-order valence-corrected chi connectivity index (χ4v) is 4.94. The molecule has 1 aromatic carbocycles. The molecule has 1 aliphatic rings. The Morgan fingerprint density at radius 3 is 2.63 bits per heavy atom. The van der Waals surface area contributed by atoms with E-state index >= 15 is 0 Å². The van der Waals surface area contributed by atoms with Gasteiger partial charge in [-0.15, -0.1) is 11.6 Å². The number of hydrogen-bond acceptors (Lipinski definition) is 3. The van der Waals surface area contributed by atoms with Gasteiger partial charge in [-0.25, -0.2) is 12.8 Å². The predicted octanol–water partition coefficient (Wildman–Crippen LogP) is 1.72. The van der Waals surface area contributed by atoms with Crippen LogP contribution in [0.5, 0.6) is 0 Å². The first-order chi connectivity index (χ1) is 8.78. The summed E-state index contributed by atoms with van der Waals surface area (Å²) < 4.78 is 36.0. The van der Waals surface area contributed by atoms with Gasteiger partial charge in [0.2, 0.25) is 0 Å².